The summed E-state index contributed by atoms with van der Waals surface area (Å²) in [4.78, 5) is 31.1. The monoisotopic (exact) mass is 274 g/mol. The lowest BCUT2D eigenvalue weighted by atomic mass is 10.2. The molecule has 0 spiro atoms. The Kier molecular flexibility index (Phi) is 4.09. The molecule has 0 radical (unpaired) electrons. The summed E-state index contributed by atoms with van der Waals surface area (Å²) in [7, 11) is 0. The maximum absolute atomic E-state index is 11.8. The first-order valence-electron chi connectivity index (χ1n) is 5.30. The summed E-state index contributed by atoms with van der Waals surface area (Å²) in [6.07, 6.45) is 2.85. The molecule has 1 aromatic carbocycles. The number of hydrogen-bond donors (Lipinski definition) is 2. The van der Waals surface area contributed by atoms with Gasteiger partial charge in [-0.25, -0.2) is 9.97 Å². The molecule has 0 aliphatic rings. The van der Waals surface area contributed by atoms with Crippen LogP contribution in [-0.2, 0) is 0 Å². The highest BCUT2D eigenvalue weighted by Gasteiger charge is 2.12. The molecule has 0 aliphatic heterocycles. The van der Waals surface area contributed by atoms with E-state index in [1.54, 1.807) is 30.3 Å². The van der Waals surface area contributed by atoms with E-state index in [-0.39, 0.29) is 5.24 Å². The van der Waals surface area contributed by atoms with Gasteiger partial charge in [0.25, 0.3) is 5.24 Å². The van der Waals surface area contributed by atoms with Crippen LogP contribution in [0.1, 0.15) is 10.4 Å². The molecule has 0 bridgehead atoms. The van der Waals surface area contributed by atoms with Gasteiger partial charge in [0.2, 0.25) is 5.91 Å². The van der Waals surface area contributed by atoms with Crippen molar-refractivity contribution < 1.29 is 9.59 Å². The average Bonchev–Trinajstić information content (AvgIpc) is 2.40. The molecular formula is C12H10N4O2S. The number of aromatic nitrogens is 2. The van der Waals surface area contributed by atoms with Crippen LogP contribution in [0.3, 0.4) is 0 Å². The summed E-state index contributed by atoms with van der Waals surface area (Å²) in [5, 5.41) is 2.22. The zero-order valence-corrected chi connectivity index (χ0v) is 10.6. The molecule has 0 aliphatic carbocycles. The Morgan fingerprint density at radius 3 is 2.68 bits per heavy atom. The SMILES string of the molecule is NC(=O)c1ccccc1SC(=O)Nc1ccncn1. The van der Waals surface area contributed by atoms with E-state index in [0.717, 1.165) is 11.8 Å². The first-order valence-corrected chi connectivity index (χ1v) is 6.12. The van der Waals surface area contributed by atoms with E-state index in [2.05, 4.69) is 15.3 Å². The number of nitrogens with one attached hydrogen (secondary N) is 1. The van der Waals surface area contributed by atoms with Crippen LogP contribution in [0.25, 0.3) is 0 Å². The van der Waals surface area contributed by atoms with Gasteiger partial charge < -0.3 is 11.1 Å². The fraction of sp³-hybridized carbons (Fsp3) is 0. The minimum atomic E-state index is -0.571. The lowest BCUT2D eigenvalue weighted by Gasteiger charge is -2.06. The summed E-state index contributed by atoms with van der Waals surface area (Å²) in [5.41, 5.74) is 5.55. The number of hydrogen-bond acceptors (Lipinski definition) is 5. The van der Waals surface area contributed by atoms with Crippen molar-refractivity contribution in [1.29, 1.82) is 0 Å². The zero-order chi connectivity index (χ0) is 13.7. The molecular weight excluding hydrogens is 264 g/mol. The van der Waals surface area contributed by atoms with Crippen LogP contribution in [0.15, 0.2) is 47.8 Å². The Balaban J connectivity index is 2.09. The van der Waals surface area contributed by atoms with Crippen molar-refractivity contribution in [2.45, 2.75) is 4.90 Å². The second kappa shape index (κ2) is 5.96. The van der Waals surface area contributed by atoms with Crippen molar-refractivity contribution in [3.05, 3.63) is 48.4 Å². The number of carbonyl (C=O) groups is 2. The number of primary amides is 1. The molecule has 0 saturated heterocycles. The van der Waals surface area contributed by atoms with E-state index in [4.69, 9.17) is 5.73 Å². The van der Waals surface area contributed by atoms with Crippen LogP contribution in [0, 0.1) is 0 Å². The van der Waals surface area contributed by atoms with Crippen molar-refractivity contribution in [3.8, 4) is 0 Å². The maximum Gasteiger partial charge on any atom is 0.289 e. The molecule has 0 fully saturated rings. The highest BCUT2D eigenvalue weighted by Crippen LogP contribution is 2.24. The summed E-state index contributed by atoms with van der Waals surface area (Å²) in [6, 6.07) is 8.21. The predicted octanol–water partition coefficient (Wildman–Crippen LogP) is 1.90. The second-order valence-electron chi connectivity index (χ2n) is 3.47. The molecule has 1 aromatic heterocycles. The van der Waals surface area contributed by atoms with Gasteiger partial charge in [0, 0.05) is 11.1 Å². The zero-order valence-electron chi connectivity index (χ0n) is 9.74. The largest absolute Gasteiger partial charge is 0.366 e. The lowest BCUT2D eigenvalue weighted by Crippen LogP contribution is -2.13. The minimum absolute atomic E-state index is 0.310. The quantitative estimate of drug-likeness (QED) is 0.833. The van der Waals surface area contributed by atoms with Gasteiger partial charge in [-0.3, -0.25) is 9.59 Å². The van der Waals surface area contributed by atoms with Crippen LogP contribution in [-0.4, -0.2) is 21.1 Å². The van der Waals surface area contributed by atoms with Gasteiger partial charge in [0.15, 0.2) is 0 Å². The summed E-state index contributed by atoms with van der Waals surface area (Å²) in [6.45, 7) is 0. The number of rotatable bonds is 3. The highest BCUT2D eigenvalue weighted by atomic mass is 32.2. The van der Waals surface area contributed by atoms with E-state index in [0.29, 0.717) is 16.3 Å². The first kappa shape index (κ1) is 13.0. The Hall–Kier alpha value is -2.41. The molecule has 96 valence electrons. The minimum Gasteiger partial charge on any atom is -0.366 e. The summed E-state index contributed by atoms with van der Waals surface area (Å²) in [5.74, 6) is -0.179. The van der Waals surface area contributed by atoms with E-state index in [1.165, 1.54) is 12.5 Å². The maximum atomic E-state index is 11.8. The van der Waals surface area contributed by atoms with Gasteiger partial charge in [-0.05, 0) is 30.0 Å². The first-order chi connectivity index (χ1) is 9.16. The standard InChI is InChI=1S/C12H10N4O2S/c13-11(17)8-3-1-2-4-9(8)19-12(18)16-10-5-6-14-7-15-10/h1-7H,(H2,13,17)(H,14,15,16,18). The normalized spacial score (nSPS) is 9.89. The van der Waals surface area contributed by atoms with Gasteiger partial charge in [-0.2, -0.15) is 0 Å². The molecule has 0 saturated carbocycles. The van der Waals surface area contributed by atoms with E-state index in [1.807, 2.05) is 0 Å². The van der Waals surface area contributed by atoms with Crippen LogP contribution in [0.4, 0.5) is 10.6 Å². The van der Waals surface area contributed by atoms with Crippen molar-refractivity contribution in [2.24, 2.45) is 5.73 Å². The van der Waals surface area contributed by atoms with Crippen LogP contribution >= 0.6 is 11.8 Å². The Morgan fingerprint density at radius 1 is 1.21 bits per heavy atom. The Labute approximate surface area is 113 Å². The van der Waals surface area contributed by atoms with Crippen LogP contribution < -0.4 is 11.1 Å². The van der Waals surface area contributed by atoms with Gasteiger partial charge in [0.1, 0.15) is 12.1 Å². The molecule has 6 nitrogen and oxygen atoms in total. The third-order valence-corrected chi connectivity index (χ3v) is 3.03. The highest BCUT2D eigenvalue weighted by molar-refractivity contribution is 8.14. The number of anilines is 1. The number of amides is 2. The van der Waals surface area contributed by atoms with Gasteiger partial charge >= 0.3 is 0 Å². The fourth-order valence-electron chi connectivity index (χ4n) is 1.35. The smallest absolute Gasteiger partial charge is 0.289 e. The molecule has 3 N–H and O–H groups in total. The molecule has 0 unspecified atom stereocenters. The van der Waals surface area contributed by atoms with Crippen molar-refractivity contribution in [3.63, 3.8) is 0 Å². The molecule has 2 amide bonds. The topological polar surface area (TPSA) is 98.0 Å². The van der Waals surface area contributed by atoms with Crippen molar-refractivity contribution in [2.75, 3.05) is 5.32 Å². The molecule has 1 heterocycles. The predicted molar refractivity (Wildman–Crippen MR) is 71.9 cm³/mol. The Morgan fingerprint density at radius 2 is 2.00 bits per heavy atom. The van der Waals surface area contributed by atoms with Crippen molar-refractivity contribution in [1.82, 2.24) is 9.97 Å². The van der Waals surface area contributed by atoms with E-state index < -0.39 is 5.91 Å². The van der Waals surface area contributed by atoms with Gasteiger partial charge in [-0.1, -0.05) is 12.1 Å². The second-order valence-corrected chi connectivity index (χ2v) is 4.48. The Bertz CT molecular complexity index is 604. The van der Waals surface area contributed by atoms with Gasteiger partial charge in [0.05, 0.1) is 5.56 Å². The summed E-state index contributed by atoms with van der Waals surface area (Å²) >= 11 is 0.882. The van der Waals surface area contributed by atoms with Gasteiger partial charge in [-0.15, -0.1) is 0 Å². The van der Waals surface area contributed by atoms with E-state index >= 15 is 0 Å². The number of benzene rings is 1. The number of thioether (sulfide) groups is 1. The molecule has 7 heteroatoms. The lowest BCUT2D eigenvalue weighted by molar-refractivity contribution is 0.0997. The molecule has 2 rings (SSSR count). The third kappa shape index (κ3) is 3.52. The number of nitrogens with zero attached hydrogens (tertiary/aromatic N) is 2. The average molecular weight is 274 g/mol. The van der Waals surface area contributed by atoms with E-state index in [9.17, 15) is 9.59 Å². The molecule has 2 aromatic rings. The number of nitrogens with two attached hydrogens (primary N) is 1. The number of carbonyl (C=O) groups excluding carboxylic acids is 2. The molecule has 19 heavy (non-hydrogen) atoms. The fourth-order valence-corrected chi connectivity index (χ4v) is 2.13. The summed E-state index contributed by atoms with van der Waals surface area (Å²) < 4.78 is 0. The van der Waals surface area contributed by atoms with Crippen LogP contribution in [0.5, 0.6) is 0 Å². The van der Waals surface area contributed by atoms with Crippen LogP contribution in [0.2, 0.25) is 0 Å². The molecule has 0 atom stereocenters. The third-order valence-electron chi connectivity index (χ3n) is 2.17. The van der Waals surface area contributed by atoms with Crippen molar-refractivity contribution >= 4 is 28.7 Å².